The molecule has 2 rings (SSSR count). The van der Waals surface area contributed by atoms with E-state index in [2.05, 4.69) is 10.2 Å². The SMILES string of the molecule is [B][B]NC(=O)c1ccn2cncc2c1. The lowest BCUT2D eigenvalue weighted by molar-refractivity contribution is 0.0981. The van der Waals surface area contributed by atoms with Gasteiger partial charge in [-0.1, -0.05) is 0 Å². The van der Waals surface area contributed by atoms with E-state index in [-0.39, 0.29) is 5.91 Å². The van der Waals surface area contributed by atoms with Gasteiger partial charge in [0.05, 0.1) is 18.0 Å². The Labute approximate surface area is 83.0 Å². The fraction of sp³-hybridized carbons (Fsp3) is 0. The maximum atomic E-state index is 11.4. The summed E-state index contributed by atoms with van der Waals surface area (Å²) in [5.74, 6) is -0.226. The van der Waals surface area contributed by atoms with E-state index in [0.717, 1.165) is 12.8 Å². The molecule has 0 aliphatic heterocycles. The van der Waals surface area contributed by atoms with Crippen LogP contribution in [0, 0.1) is 0 Å². The Kier molecular flexibility index (Phi) is 2.26. The zero-order valence-electron chi connectivity index (χ0n) is 7.34. The molecule has 0 spiro atoms. The average molecular weight is 182 g/mol. The van der Waals surface area contributed by atoms with Crippen LogP contribution in [-0.2, 0) is 0 Å². The third kappa shape index (κ3) is 1.51. The van der Waals surface area contributed by atoms with Gasteiger partial charge in [0.15, 0.2) is 7.31 Å². The van der Waals surface area contributed by atoms with Gasteiger partial charge >= 0.3 is 0 Å². The number of hydrogen-bond acceptors (Lipinski definition) is 2. The van der Waals surface area contributed by atoms with Crippen LogP contribution in [0.2, 0.25) is 0 Å². The highest BCUT2D eigenvalue weighted by atomic mass is 16.1. The molecular formula is C8H6B2N3O. The van der Waals surface area contributed by atoms with Crippen LogP contribution in [0.5, 0.6) is 0 Å². The Balaban J connectivity index is 2.38. The quantitative estimate of drug-likeness (QED) is 0.651. The monoisotopic (exact) mass is 182 g/mol. The predicted octanol–water partition coefficient (Wildman–Crippen LogP) is -0.233. The summed E-state index contributed by atoms with van der Waals surface area (Å²) >= 11 is 0. The second-order valence-corrected chi connectivity index (χ2v) is 2.78. The van der Waals surface area contributed by atoms with Crippen LogP contribution in [-0.4, -0.2) is 30.3 Å². The van der Waals surface area contributed by atoms with Crippen molar-refractivity contribution in [1.29, 1.82) is 0 Å². The lowest BCUT2D eigenvalue weighted by Gasteiger charge is -2.02. The molecule has 0 saturated carbocycles. The molecule has 14 heavy (non-hydrogen) atoms. The number of imidazole rings is 1. The molecule has 0 unspecified atom stereocenters. The molecule has 0 aliphatic rings. The number of fused-ring (bicyclic) bond motifs is 1. The van der Waals surface area contributed by atoms with E-state index >= 15 is 0 Å². The zero-order chi connectivity index (χ0) is 9.97. The number of aromatic nitrogens is 2. The Hall–Kier alpha value is -1.71. The third-order valence-corrected chi connectivity index (χ3v) is 1.89. The lowest BCUT2D eigenvalue weighted by atomic mass is 9.67. The first kappa shape index (κ1) is 8.87. The number of carbonyl (C=O) groups excluding carboxylic acids is 1. The van der Waals surface area contributed by atoms with Gasteiger partial charge < -0.3 is 9.63 Å². The van der Waals surface area contributed by atoms with Crippen LogP contribution in [0.15, 0.2) is 30.9 Å². The Bertz CT molecular complexity index is 468. The van der Waals surface area contributed by atoms with Crippen molar-refractivity contribution in [3.8, 4) is 0 Å². The van der Waals surface area contributed by atoms with Crippen molar-refractivity contribution in [2.75, 3.05) is 0 Å². The van der Waals surface area contributed by atoms with Crippen molar-refractivity contribution >= 4 is 26.5 Å². The molecule has 0 fully saturated rings. The summed E-state index contributed by atoms with van der Waals surface area (Å²) < 4.78 is 1.82. The first-order valence-corrected chi connectivity index (χ1v) is 4.07. The summed E-state index contributed by atoms with van der Waals surface area (Å²) in [6.45, 7) is 0. The normalized spacial score (nSPS) is 10.0. The smallest absolute Gasteiger partial charge is 0.238 e. The maximum absolute atomic E-state index is 11.4. The zero-order valence-corrected chi connectivity index (χ0v) is 7.34. The molecule has 2 aromatic heterocycles. The van der Waals surface area contributed by atoms with Crippen molar-refractivity contribution in [3.63, 3.8) is 0 Å². The average Bonchev–Trinajstić information content (AvgIpc) is 2.64. The minimum absolute atomic E-state index is 0.226. The molecule has 4 nitrogen and oxygen atoms in total. The van der Waals surface area contributed by atoms with Crippen molar-refractivity contribution in [1.82, 2.24) is 14.6 Å². The van der Waals surface area contributed by atoms with Crippen molar-refractivity contribution in [3.05, 3.63) is 36.4 Å². The minimum atomic E-state index is -0.226. The van der Waals surface area contributed by atoms with Gasteiger partial charge in [0.25, 0.3) is 0 Å². The maximum Gasteiger partial charge on any atom is 0.238 e. The van der Waals surface area contributed by atoms with Gasteiger partial charge in [-0.25, -0.2) is 4.98 Å². The van der Waals surface area contributed by atoms with Crippen molar-refractivity contribution in [2.24, 2.45) is 0 Å². The second-order valence-electron chi connectivity index (χ2n) is 2.78. The van der Waals surface area contributed by atoms with Gasteiger partial charge in [0.1, 0.15) is 0 Å². The number of hydrogen-bond donors (Lipinski definition) is 1. The molecule has 0 aliphatic carbocycles. The molecule has 2 aromatic rings. The predicted molar refractivity (Wildman–Crippen MR) is 54.2 cm³/mol. The lowest BCUT2D eigenvalue weighted by Crippen LogP contribution is -2.27. The first-order valence-electron chi connectivity index (χ1n) is 4.07. The standard InChI is InChI=1S/C8H6B2N3O/c9-10-12-8(14)6-1-2-13-5-11-4-7(13)3-6/h1-5H,(H,12,14). The molecule has 1 N–H and O–H groups in total. The highest BCUT2D eigenvalue weighted by Crippen LogP contribution is 2.05. The summed E-state index contributed by atoms with van der Waals surface area (Å²) in [7, 11) is 6.20. The fourth-order valence-corrected chi connectivity index (χ4v) is 1.22. The van der Waals surface area contributed by atoms with Gasteiger partial charge in [-0.2, -0.15) is 0 Å². The van der Waals surface area contributed by atoms with Crippen LogP contribution in [0.1, 0.15) is 10.4 Å². The highest BCUT2D eigenvalue weighted by molar-refractivity contribution is 6.89. The van der Waals surface area contributed by atoms with E-state index in [4.69, 9.17) is 7.74 Å². The fourth-order valence-electron chi connectivity index (χ4n) is 1.22. The van der Waals surface area contributed by atoms with Crippen molar-refractivity contribution in [2.45, 2.75) is 0 Å². The highest BCUT2D eigenvalue weighted by Gasteiger charge is 2.04. The molecule has 0 atom stereocenters. The number of nitrogens with one attached hydrogen (secondary N) is 1. The van der Waals surface area contributed by atoms with Crippen LogP contribution >= 0.6 is 0 Å². The summed E-state index contributed by atoms with van der Waals surface area (Å²) in [5, 5.41) is 2.40. The molecule has 1 amide bonds. The summed E-state index contributed by atoms with van der Waals surface area (Å²) in [6, 6.07) is 3.44. The van der Waals surface area contributed by atoms with Gasteiger partial charge in [-0.05, 0) is 12.1 Å². The molecular weight excluding hydrogens is 176 g/mol. The number of pyridine rings is 1. The van der Waals surface area contributed by atoms with Crippen LogP contribution in [0.3, 0.4) is 0 Å². The number of carbonyl (C=O) groups is 1. The number of nitrogens with zero attached hydrogens (tertiary/aromatic N) is 2. The molecule has 0 bridgehead atoms. The summed E-state index contributed by atoms with van der Waals surface area (Å²) in [4.78, 5) is 15.3. The first-order chi connectivity index (χ1) is 6.81. The number of amides is 1. The van der Waals surface area contributed by atoms with E-state index in [1.165, 1.54) is 0 Å². The summed E-state index contributed by atoms with van der Waals surface area (Å²) in [6.07, 6.45) is 5.13. The molecule has 2 heterocycles. The van der Waals surface area contributed by atoms with E-state index in [9.17, 15) is 4.79 Å². The third-order valence-electron chi connectivity index (χ3n) is 1.89. The van der Waals surface area contributed by atoms with E-state index in [1.807, 2.05) is 4.40 Å². The van der Waals surface area contributed by atoms with Crippen LogP contribution in [0.4, 0.5) is 0 Å². The molecule has 0 aromatic carbocycles. The Morgan fingerprint density at radius 2 is 2.50 bits per heavy atom. The molecule has 6 heteroatoms. The van der Waals surface area contributed by atoms with E-state index in [0.29, 0.717) is 5.56 Å². The van der Waals surface area contributed by atoms with Gasteiger partial charge in [0.2, 0.25) is 5.91 Å². The second kappa shape index (κ2) is 3.57. The molecule has 65 valence electrons. The Morgan fingerprint density at radius 3 is 3.29 bits per heavy atom. The number of rotatable bonds is 2. The van der Waals surface area contributed by atoms with Gasteiger partial charge in [-0.15, -0.1) is 0 Å². The van der Waals surface area contributed by atoms with Crippen LogP contribution in [0.25, 0.3) is 5.52 Å². The van der Waals surface area contributed by atoms with E-state index < -0.39 is 0 Å². The largest absolute Gasteiger partial charge is 0.409 e. The van der Waals surface area contributed by atoms with Crippen molar-refractivity contribution < 1.29 is 4.79 Å². The molecule has 0 saturated heterocycles. The van der Waals surface area contributed by atoms with E-state index in [1.54, 1.807) is 30.9 Å². The Morgan fingerprint density at radius 1 is 1.64 bits per heavy atom. The van der Waals surface area contributed by atoms with Gasteiger partial charge in [-0.3, -0.25) is 4.79 Å². The van der Waals surface area contributed by atoms with Gasteiger partial charge in [0, 0.05) is 19.5 Å². The summed E-state index contributed by atoms with van der Waals surface area (Å²) in [5.41, 5.74) is 1.43. The van der Waals surface area contributed by atoms with Crippen LogP contribution < -0.4 is 5.23 Å². The molecule has 3 radical (unpaired) electrons. The minimum Gasteiger partial charge on any atom is -0.409 e. The topological polar surface area (TPSA) is 46.4 Å².